The minimum atomic E-state index is -0.274. The van der Waals surface area contributed by atoms with Crippen molar-refractivity contribution in [1.29, 1.82) is 0 Å². The molecule has 0 fully saturated rings. The molecule has 2 nitrogen and oxygen atoms in total. The molecule has 0 radical (unpaired) electrons. The quantitative estimate of drug-likeness (QED) is 0.793. The maximum atomic E-state index is 13.3. The molecule has 0 saturated heterocycles. The Kier molecular flexibility index (Phi) is 5.19. The van der Waals surface area contributed by atoms with Crippen LogP contribution >= 0.6 is 0 Å². The zero-order chi connectivity index (χ0) is 17.0. The first-order valence-corrected chi connectivity index (χ1v) is 7.84. The summed E-state index contributed by atoms with van der Waals surface area (Å²) >= 11 is 0. The summed E-state index contributed by atoms with van der Waals surface area (Å²) in [7, 11) is 1.81. The van der Waals surface area contributed by atoms with Crippen molar-refractivity contribution in [2.24, 2.45) is 5.41 Å². The SMILES string of the molecule is CN(C(=O)CC(C)(C)C)C(c1ccccc1)c1ccc(F)cc1. The first-order valence-electron chi connectivity index (χ1n) is 7.84. The van der Waals surface area contributed by atoms with Gasteiger partial charge in [-0.3, -0.25) is 4.79 Å². The molecule has 1 unspecified atom stereocenters. The van der Waals surface area contributed by atoms with Gasteiger partial charge in [0, 0.05) is 13.5 Å². The third kappa shape index (κ3) is 4.65. The largest absolute Gasteiger partial charge is 0.335 e. The average molecular weight is 313 g/mol. The number of hydrogen-bond acceptors (Lipinski definition) is 1. The molecule has 2 rings (SSSR count). The molecule has 0 saturated carbocycles. The molecule has 3 heteroatoms. The van der Waals surface area contributed by atoms with E-state index in [1.54, 1.807) is 17.0 Å². The predicted octanol–water partition coefficient (Wildman–Crippen LogP) is 4.81. The molecule has 2 aromatic carbocycles. The van der Waals surface area contributed by atoms with Gasteiger partial charge in [-0.25, -0.2) is 4.39 Å². The summed E-state index contributed by atoms with van der Waals surface area (Å²) in [5.74, 6) is -0.195. The Bertz CT molecular complexity index is 644. The molecular formula is C20H24FNO. The highest BCUT2D eigenvalue weighted by molar-refractivity contribution is 5.77. The fraction of sp³-hybridized carbons (Fsp3) is 0.350. The Balaban J connectivity index is 2.38. The van der Waals surface area contributed by atoms with Gasteiger partial charge in [-0.2, -0.15) is 0 Å². The zero-order valence-corrected chi connectivity index (χ0v) is 14.2. The number of hydrogen-bond donors (Lipinski definition) is 0. The Hall–Kier alpha value is -2.16. The summed E-state index contributed by atoms with van der Waals surface area (Å²) in [5.41, 5.74) is 1.85. The van der Waals surface area contributed by atoms with E-state index in [1.165, 1.54) is 12.1 Å². The monoisotopic (exact) mass is 313 g/mol. The second-order valence-corrected chi connectivity index (χ2v) is 7.11. The van der Waals surface area contributed by atoms with Gasteiger partial charge in [0.15, 0.2) is 0 Å². The van der Waals surface area contributed by atoms with E-state index in [0.717, 1.165) is 11.1 Å². The van der Waals surface area contributed by atoms with Gasteiger partial charge in [0.25, 0.3) is 0 Å². The van der Waals surface area contributed by atoms with E-state index < -0.39 is 0 Å². The molecule has 0 aliphatic carbocycles. The van der Waals surface area contributed by atoms with E-state index in [4.69, 9.17) is 0 Å². The zero-order valence-electron chi connectivity index (χ0n) is 14.2. The fourth-order valence-corrected chi connectivity index (χ4v) is 2.64. The van der Waals surface area contributed by atoms with Gasteiger partial charge in [0.2, 0.25) is 5.91 Å². The lowest BCUT2D eigenvalue weighted by molar-refractivity contribution is -0.133. The summed E-state index contributed by atoms with van der Waals surface area (Å²) in [6, 6.07) is 16.0. The summed E-state index contributed by atoms with van der Waals surface area (Å²) in [4.78, 5) is 14.4. The van der Waals surface area contributed by atoms with Gasteiger partial charge < -0.3 is 4.90 Å². The molecule has 1 atom stereocenters. The van der Waals surface area contributed by atoms with Crippen LogP contribution in [-0.2, 0) is 4.79 Å². The van der Waals surface area contributed by atoms with Gasteiger partial charge in [0.1, 0.15) is 5.82 Å². The van der Waals surface area contributed by atoms with Crippen molar-refractivity contribution in [3.05, 3.63) is 71.5 Å². The van der Waals surface area contributed by atoms with Crippen LogP contribution in [0.3, 0.4) is 0 Å². The van der Waals surface area contributed by atoms with Gasteiger partial charge in [-0.05, 0) is 28.7 Å². The summed E-state index contributed by atoms with van der Waals surface area (Å²) < 4.78 is 13.3. The molecule has 0 heterocycles. The maximum absolute atomic E-state index is 13.3. The normalized spacial score (nSPS) is 12.7. The van der Waals surface area contributed by atoms with Gasteiger partial charge >= 0.3 is 0 Å². The molecule has 0 bridgehead atoms. The van der Waals surface area contributed by atoms with Crippen LogP contribution in [0, 0.1) is 11.2 Å². The highest BCUT2D eigenvalue weighted by Crippen LogP contribution is 2.30. The standard InChI is InChI=1S/C20H24FNO/c1-20(2,3)14-18(23)22(4)19(15-8-6-5-7-9-15)16-10-12-17(21)13-11-16/h5-13,19H,14H2,1-4H3. The first kappa shape index (κ1) is 17.2. The molecule has 0 aromatic heterocycles. The number of rotatable bonds is 4. The maximum Gasteiger partial charge on any atom is 0.223 e. The number of amides is 1. The number of carbonyl (C=O) groups excluding carboxylic acids is 1. The minimum Gasteiger partial charge on any atom is -0.335 e. The van der Waals surface area contributed by atoms with Crippen molar-refractivity contribution in [1.82, 2.24) is 4.90 Å². The summed E-state index contributed by atoms with van der Waals surface area (Å²) in [6.45, 7) is 6.15. The molecule has 0 N–H and O–H groups in total. The third-order valence-electron chi connectivity index (χ3n) is 3.76. The van der Waals surface area contributed by atoms with Crippen LogP contribution in [0.25, 0.3) is 0 Å². The van der Waals surface area contributed by atoms with Crippen LogP contribution in [0.5, 0.6) is 0 Å². The lowest BCUT2D eigenvalue weighted by atomic mass is 9.90. The molecule has 0 aliphatic heterocycles. The second-order valence-electron chi connectivity index (χ2n) is 7.11. The number of halogens is 1. The van der Waals surface area contributed by atoms with Crippen LogP contribution in [0.4, 0.5) is 4.39 Å². The van der Waals surface area contributed by atoms with Crippen molar-refractivity contribution < 1.29 is 9.18 Å². The highest BCUT2D eigenvalue weighted by Gasteiger charge is 2.26. The minimum absolute atomic E-state index is 0.0740. The number of carbonyl (C=O) groups is 1. The second kappa shape index (κ2) is 6.95. The molecule has 1 amide bonds. The first-order chi connectivity index (χ1) is 10.8. The van der Waals surface area contributed by atoms with Crippen LogP contribution in [0.15, 0.2) is 54.6 Å². The van der Waals surface area contributed by atoms with Crippen LogP contribution < -0.4 is 0 Å². The average Bonchev–Trinajstić information content (AvgIpc) is 2.49. The molecular weight excluding hydrogens is 289 g/mol. The molecule has 0 aliphatic rings. The van der Waals surface area contributed by atoms with Crippen molar-refractivity contribution >= 4 is 5.91 Å². The van der Waals surface area contributed by atoms with E-state index in [1.807, 2.05) is 58.2 Å². The van der Waals surface area contributed by atoms with Crippen LogP contribution in [0.1, 0.15) is 44.4 Å². The van der Waals surface area contributed by atoms with Gasteiger partial charge in [-0.1, -0.05) is 63.2 Å². The third-order valence-corrected chi connectivity index (χ3v) is 3.76. The van der Waals surface area contributed by atoms with Crippen molar-refractivity contribution in [3.63, 3.8) is 0 Å². The van der Waals surface area contributed by atoms with E-state index in [-0.39, 0.29) is 23.2 Å². The van der Waals surface area contributed by atoms with Crippen molar-refractivity contribution in [2.45, 2.75) is 33.2 Å². The lowest BCUT2D eigenvalue weighted by Gasteiger charge is -2.31. The Morgan fingerprint density at radius 1 is 1.00 bits per heavy atom. The molecule has 2 aromatic rings. The van der Waals surface area contributed by atoms with Crippen LogP contribution in [-0.4, -0.2) is 17.9 Å². The topological polar surface area (TPSA) is 20.3 Å². The summed E-state index contributed by atoms with van der Waals surface area (Å²) in [6.07, 6.45) is 0.466. The Morgan fingerprint density at radius 3 is 2.04 bits per heavy atom. The van der Waals surface area contributed by atoms with Gasteiger partial charge in [0.05, 0.1) is 6.04 Å². The summed E-state index contributed by atoms with van der Waals surface area (Å²) in [5, 5.41) is 0. The van der Waals surface area contributed by atoms with E-state index >= 15 is 0 Å². The number of benzene rings is 2. The van der Waals surface area contributed by atoms with E-state index in [9.17, 15) is 9.18 Å². The molecule has 122 valence electrons. The lowest BCUT2D eigenvalue weighted by Crippen LogP contribution is -2.34. The predicted molar refractivity (Wildman–Crippen MR) is 91.5 cm³/mol. The van der Waals surface area contributed by atoms with E-state index in [2.05, 4.69) is 0 Å². The fourth-order valence-electron chi connectivity index (χ4n) is 2.64. The van der Waals surface area contributed by atoms with Crippen molar-refractivity contribution in [2.75, 3.05) is 7.05 Å². The molecule has 23 heavy (non-hydrogen) atoms. The number of nitrogens with zero attached hydrogens (tertiary/aromatic N) is 1. The highest BCUT2D eigenvalue weighted by atomic mass is 19.1. The Labute approximate surface area is 137 Å². The van der Waals surface area contributed by atoms with E-state index in [0.29, 0.717) is 6.42 Å². The molecule has 0 spiro atoms. The smallest absolute Gasteiger partial charge is 0.223 e. The van der Waals surface area contributed by atoms with Crippen molar-refractivity contribution in [3.8, 4) is 0 Å². The van der Waals surface area contributed by atoms with Crippen LogP contribution in [0.2, 0.25) is 0 Å². The Morgan fingerprint density at radius 2 is 1.52 bits per heavy atom. The van der Waals surface area contributed by atoms with Gasteiger partial charge in [-0.15, -0.1) is 0 Å².